The van der Waals surface area contributed by atoms with E-state index in [9.17, 15) is 4.79 Å². The molecule has 2 rings (SSSR count). The summed E-state index contributed by atoms with van der Waals surface area (Å²) in [5.74, 6) is 0.301. The molecule has 0 radical (unpaired) electrons. The van der Waals surface area contributed by atoms with Gasteiger partial charge in [-0.1, -0.05) is 12.1 Å². The number of amides is 1. The molecular formula is C14H15N3O2. The molecule has 0 bridgehead atoms. The maximum Gasteiger partial charge on any atom is 0.270 e. The van der Waals surface area contributed by atoms with Crippen LogP contribution in [-0.2, 0) is 6.54 Å². The van der Waals surface area contributed by atoms with Crippen molar-refractivity contribution in [3.05, 3.63) is 53.5 Å². The van der Waals surface area contributed by atoms with Gasteiger partial charge in [0.25, 0.3) is 5.91 Å². The Hall–Kier alpha value is -2.43. The van der Waals surface area contributed by atoms with E-state index in [0.717, 1.165) is 11.3 Å². The SMILES string of the molecule is COc1ncccc1CNC(=O)c1cccc(C)n1. The summed E-state index contributed by atoms with van der Waals surface area (Å²) in [5.41, 5.74) is 2.04. The van der Waals surface area contributed by atoms with E-state index in [0.29, 0.717) is 18.1 Å². The number of pyridine rings is 2. The zero-order chi connectivity index (χ0) is 13.7. The third-order valence-electron chi connectivity index (χ3n) is 2.60. The van der Waals surface area contributed by atoms with Crippen molar-refractivity contribution < 1.29 is 9.53 Å². The lowest BCUT2D eigenvalue weighted by Gasteiger charge is -2.08. The van der Waals surface area contributed by atoms with Crippen LogP contribution in [0.1, 0.15) is 21.7 Å². The number of carbonyl (C=O) groups excluding carboxylic acids is 1. The van der Waals surface area contributed by atoms with E-state index >= 15 is 0 Å². The molecule has 0 saturated heterocycles. The molecule has 2 aromatic heterocycles. The molecule has 1 amide bonds. The lowest BCUT2D eigenvalue weighted by Crippen LogP contribution is -2.24. The number of aryl methyl sites for hydroxylation is 1. The highest BCUT2D eigenvalue weighted by atomic mass is 16.5. The van der Waals surface area contributed by atoms with E-state index < -0.39 is 0 Å². The van der Waals surface area contributed by atoms with Gasteiger partial charge in [-0.05, 0) is 25.1 Å². The van der Waals surface area contributed by atoms with Crippen molar-refractivity contribution in [2.75, 3.05) is 7.11 Å². The summed E-state index contributed by atoms with van der Waals surface area (Å²) in [6, 6.07) is 9.00. The maximum absolute atomic E-state index is 11.9. The molecule has 0 aliphatic carbocycles. The molecule has 1 N–H and O–H groups in total. The minimum absolute atomic E-state index is 0.213. The number of aromatic nitrogens is 2. The zero-order valence-corrected chi connectivity index (χ0v) is 10.9. The molecule has 5 nitrogen and oxygen atoms in total. The first kappa shape index (κ1) is 13.0. The minimum atomic E-state index is -0.213. The summed E-state index contributed by atoms with van der Waals surface area (Å²) in [7, 11) is 1.55. The van der Waals surface area contributed by atoms with Crippen LogP contribution < -0.4 is 10.1 Å². The number of ether oxygens (including phenoxy) is 1. The van der Waals surface area contributed by atoms with Gasteiger partial charge in [-0.2, -0.15) is 0 Å². The first-order valence-electron chi connectivity index (χ1n) is 5.90. The molecule has 5 heteroatoms. The summed E-state index contributed by atoms with van der Waals surface area (Å²) >= 11 is 0. The molecule has 0 fully saturated rings. The van der Waals surface area contributed by atoms with Crippen LogP contribution in [0.15, 0.2) is 36.5 Å². The Labute approximate surface area is 111 Å². The van der Waals surface area contributed by atoms with Gasteiger partial charge in [-0.15, -0.1) is 0 Å². The Morgan fingerprint density at radius 3 is 2.89 bits per heavy atom. The largest absolute Gasteiger partial charge is 0.481 e. The van der Waals surface area contributed by atoms with Crippen molar-refractivity contribution in [3.63, 3.8) is 0 Å². The van der Waals surface area contributed by atoms with Crippen LogP contribution in [0.4, 0.5) is 0 Å². The third-order valence-corrected chi connectivity index (χ3v) is 2.60. The van der Waals surface area contributed by atoms with Gasteiger partial charge in [-0.3, -0.25) is 4.79 Å². The number of methoxy groups -OCH3 is 1. The number of nitrogens with zero attached hydrogens (tertiary/aromatic N) is 2. The van der Waals surface area contributed by atoms with Crippen molar-refractivity contribution in [2.24, 2.45) is 0 Å². The Morgan fingerprint density at radius 2 is 2.16 bits per heavy atom. The first-order chi connectivity index (χ1) is 9.20. The van der Waals surface area contributed by atoms with Crippen molar-refractivity contribution in [3.8, 4) is 5.88 Å². The van der Waals surface area contributed by atoms with E-state index in [1.54, 1.807) is 25.4 Å². The molecule has 2 aromatic rings. The minimum Gasteiger partial charge on any atom is -0.481 e. The molecule has 0 aromatic carbocycles. The maximum atomic E-state index is 11.9. The molecule has 0 unspecified atom stereocenters. The Kier molecular flexibility index (Phi) is 4.07. The van der Waals surface area contributed by atoms with Crippen molar-refractivity contribution >= 4 is 5.91 Å². The van der Waals surface area contributed by atoms with E-state index in [4.69, 9.17) is 4.74 Å². The lowest BCUT2D eigenvalue weighted by molar-refractivity contribution is 0.0945. The number of hydrogen-bond donors (Lipinski definition) is 1. The molecule has 0 spiro atoms. The van der Waals surface area contributed by atoms with Crippen LogP contribution in [-0.4, -0.2) is 23.0 Å². The quantitative estimate of drug-likeness (QED) is 0.905. The molecule has 98 valence electrons. The molecule has 0 aliphatic rings. The summed E-state index contributed by atoms with van der Waals surface area (Å²) in [4.78, 5) is 20.2. The van der Waals surface area contributed by atoms with Gasteiger partial charge in [-0.25, -0.2) is 9.97 Å². The number of hydrogen-bond acceptors (Lipinski definition) is 4. The fourth-order valence-corrected chi connectivity index (χ4v) is 1.68. The molecule has 0 saturated carbocycles. The summed E-state index contributed by atoms with van der Waals surface area (Å²) in [6.07, 6.45) is 1.65. The van der Waals surface area contributed by atoms with Crippen LogP contribution in [0, 0.1) is 6.92 Å². The molecule has 0 aliphatic heterocycles. The van der Waals surface area contributed by atoms with Crippen LogP contribution in [0.5, 0.6) is 5.88 Å². The van der Waals surface area contributed by atoms with Crippen molar-refractivity contribution in [1.82, 2.24) is 15.3 Å². The molecular weight excluding hydrogens is 242 g/mol. The van der Waals surface area contributed by atoms with Gasteiger partial charge in [0.05, 0.1) is 7.11 Å². The third kappa shape index (κ3) is 3.28. The van der Waals surface area contributed by atoms with E-state index in [1.165, 1.54) is 0 Å². The topological polar surface area (TPSA) is 64.1 Å². The second-order valence-electron chi connectivity index (χ2n) is 4.02. The first-order valence-corrected chi connectivity index (χ1v) is 5.90. The predicted octanol–water partition coefficient (Wildman–Crippen LogP) is 1.72. The Morgan fingerprint density at radius 1 is 1.32 bits per heavy atom. The Bertz CT molecular complexity index is 584. The van der Waals surface area contributed by atoms with Gasteiger partial charge in [0.2, 0.25) is 5.88 Å². The highest BCUT2D eigenvalue weighted by Gasteiger charge is 2.09. The van der Waals surface area contributed by atoms with Gasteiger partial charge in [0, 0.05) is 24.0 Å². The smallest absolute Gasteiger partial charge is 0.270 e. The number of rotatable bonds is 4. The lowest BCUT2D eigenvalue weighted by atomic mass is 10.2. The van der Waals surface area contributed by atoms with Gasteiger partial charge in [0.1, 0.15) is 5.69 Å². The average molecular weight is 257 g/mol. The fraction of sp³-hybridized carbons (Fsp3) is 0.214. The van der Waals surface area contributed by atoms with Gasteiger partial charge >= 0.3 is 0 Å². The fourth-order valence-electron chi connectivity index (χ4n) is 1.68. The monoisotopic (exact) mass is 257 g/mol. The average Bonchev–Trinajstić information content (AvgIpc) is 2.45. The van der Waals surface area contributed by atoms with E-state index in [2.05, 4.69) is 15.3 Å². The summed E-state index contributed by atoms with van der Waals surface area (Å²) in [5, 5.41) is 2.80. The highest BCUT2D eigenvalue weighted by molar-refractivity contribution is 5.92. The summed E-state index contributed by atoms with van der Waals surface area (Å²) in [6.45, 7) is 2.20. The summed E-state index contributed by atoms with van der Waals surface area (Å²) < 4.78 is 5.12. The normalized spacial score (nSPS) is 10.0. The second-order valence-corrected chi connectivity index (χ2v) is 4.02. The zero-order valence-electron chi connectivity index (χ0n) is 10.9. The molecule has 0 atom stereocenters. The highest BCUT2D eigenvalue weighted by Crippen LogP contribution is 2.13. The predicted molar refractivity (Wildman–Crippen MR) is 70.9 cm³/mol. The van der Waals surface area contributed by atoms with Crippen LogP contribution in [0.2, 0.25) is 0 Å². The molecule has 2 heterocycles. The second kappa shape index (κ2) is 5.95. The van der Waals surface area contributed by atoms with Crippen molar-refractivity contribution in [1.29, 1.82) is 0 Å². The standard InChI is InChI=1S/C14H15N3O2/c1-10-5-3-7-12(17-10)13(18)16-9-11-6-4-8-15-14(11)19-2/h3-8H,9H2,1-2H3,(H,16,18). The number of nitrogens with one attached hydrogen (secondary N) is 1. The van der Waals surface area contributed by atoms with E-state index in [-0.39, 0.29) is 5.91 Å². The molecule has 19 heavy (non-hydrogen) atoms. The number of carbonyl (C=O) groups is 1. The van der Waals surface area contributed by atoms with Crippen LogP contribution in [0.25, 0.3) is 0 Å². The van der Waals surface area contributed by atoms with Crippen molar-refractivity contribution in [2.45, 2.75) is 13.5 Å². The van der Waals surface area contributed by atoms with Crippen LogP contribution in [0.3, 0.4) is 0 Å². The van der Waals surface area contributed by atoms with Gasteiger partial charge in [0.15, 0.2) is 0 Å². The van der Waals surface area contributed by atoms with Crippen LogP contribution >= 0.6 is 0 Å². The van der Waals surface area contributed by atoms with Gasteiger partial charge < -0.3 is 10.1 Å². The Balaban J connectivity index is 2.04. The van der Waals surface area contributed by atoms with E-state index in [1.807, 2.05) is 25.1 Å².